The summed E-state index contributed by atoms with van der Waals surface area (Å²) in [4.78, 5) is 9.02. The number of nitrogens with one attached hydrogen (secondary N) is 2. The van der Waals surface area contributed by atoms with Crippen LogP contribution in [-0.4, -0.2) is 68.1 Å². The Labute approximate surface area is 109 Å². The van der Waals surface area contributed by atoms with Gasteiger partial charge in [0.1, 0.15) is 5.82 Å². The first-order valence-corrected chi connectivity index (χ1v) is 6.45. The van der Waals surface area contributed by atoms with E-state index in [0.717, 1.165) is 37.7 Å². The van der Waals surface area contributed by atoms with Gasteiger partial charge in [-0.1, -0.05) is 0 Å². The van der Waals surface area contributed by atoms with Crippen molar-refractivity contribution < 1.29 is 0 Å². The van der Waals surface area contributed by atoms with Crippen LogP contribution in [0.1, 0.15) is 0 Å². The Morgan fingerprint density at radius 3 is 3.00 bits per heavy atom. The second-order valence-electron chi connectivity index (χ2n) is 4.96. The molecule has 0 amide bonds. The molecule has 1 aromatic rings. The molecule has 2 heterocycles. The first-order chi connectivity index (χ1) is 8.69. The third kappa shape index (κ3) is 3.34. The van der Waals surface area contributed by atoms with Crippen LogP contribution in [0.15, 0.2) is 18.3 Å². The van der Waals surface area contributed by atoms with Crippen molar-refractivity contribution in [2.45, 2.75) is 6.04 Å². The standard InChI is InChI=1S/C13H23N5/c1-14-13-8-11(4-5-15-13)16-9-12-10-17(2)6-7-18(12)3/h4-5,8,12H,6-7,9-10H2,1-3H3,(H2,14,15,16). The van der Waals surface area contributed by atoms with Gasteiger partial charge in [-0.2, -0.15) is 0 Å². The Morgan fingerprint density at radius 2 is 2.22 bits per heavy atom. The van der Waals surface area contributed by atoms with Crippen LogP contribution in [0.2, 0.25) is 0 Å². The summed E-state index contributed by atoms with van der Waals surface area (Å²) in [6.07, 6.45) is 1.82. The van der Waals surface area contributed by atoms with Crippen LogP contribution in [0.25, 0.3) is 0 Å². The molecule has 18 heavy (non-hydrogen) atoms. The van der Waals surface area contributed by atoms with Gasteiger partial charge >= 0.3 is 0 Å². The van der Waals surface area contributed by atoms with E-state index in [2.05, 4.69) is 39.5 Å². The Morgan fingerprint density at radius 1 is 1.39 bits per heavy atom. The summed E-state index contributed by atoms with van der Waals surface area (Å²) in [5.74, 6) is 0.897. The van der Waals surface area contributed by atoms with Crippen LogP contribution in [0.5, 0.6) is 0 Å². The van der Waals surface area contributed by atoms with Crippen LogP contribution in [-0.2, 0) is 0 Å². The lowest BCUT2D eigenvalue weighted by atomic mass is 10.2. The molecule has 1 aliphatic rings. The molecule has 1 atom stereocenters. The van der Waals surface area contributed by atoms with Crippen molar-refractivity contribution in [3.63, 3.8) is 0 Å². The number of likely N-dealkylation sites (N-methyl/N-ethyl adjacent to an activating group) is 2. The van der Waals surface area contributed by atoms with Gasteiger partial charge in [0.05, 0.1) is 0 Å². The van der Waals surface area contributed by atoms with E-state index < -0.39 is 0 Å². The van der Waals surface area contributed by atoms with Gasteiger partial charge in [0.25, 0.3) is 0 Å². The van der Waals surface area contributed by atoms with Crippen LogP contribution in [0.4, 0.5) is 11.5 Å². The fourth-order valence-corrected chi connectivity index (χ4v) is 2.23. The van der Waals surface area contributed by atoms with Crippen molar-refractivity contribution >= 4 is 11.5 Å². The van der Waals surface area contributed by atoms with Crippen molar-refractivity contribution in [2.24, 2.45) is 0 Å². The van der Waals surface area contributed by atoms with E-state index >= 15 is 0 Å². The predicted molar refractivity (Wildman–Crippen MR) is 76.2 cm³/mol. The van der Waals surface area contributed by atoms with E-state index in [1.54, 1.807) is 0 Å². The smallest absolute Gasteiger partial charge is 0.127 e. The Balaban J connectivity index is 1.89. The minimum atomic E-state index is 0.565. The highest BCUT2D eigenvalue weighted by atomic mass is 15.3. The van der Waals surface area contributed by atoms with E-state index in [1.165, 1.54) is 0 Å². The Kier molecular flexibility index (Phi) is 4.38. The summed E-state index contributed by atoms with van der Waals surface area (Å²) in [5.41, 5.74) is 1.12. The lowest BCUT2D eigenvalue weighted by Gasteiger charge is -2.37. The topological polar surface area (TPSA) is 43.4 Å². The number of piperazine rings is 1. The first kappa shape index (κ1) is 13.1. The second-order valence-corrected chi connectivity index (χ2v) is 4.96. The summed E-state index contributed by atoms with van der Waals surface area (Å²) in [6.45, 7) is 4.38. The fourth-order valence-electron chi connectivity index (χ4n) is 2.23. The molecule has 0 spiro atoms. The van der Waals surface area contributed by atoms with Gasteiger partial charge in [-0.05, 0) is 20.2 Å². The molecule has 1 aromatic heterocycles. The number of rotatable bonds is 4. The second kappa shape index (κ2) is 6.02. The van der Waals surface area contributed by atoms with Crippen LogP contribution in [0, 0.1) is 0 Å². The number of anilines is 2. The molecule has 5 nitrogen and oxygen atoms in total. The Hall–Kier alpha value is -1.33. The molecule has 0 bridgehead atoms. The van der Waals surface area contributed by atoms with Gasteiger partial charge in [-0.15, -0.1) is 0 Å². The number of nitrogens with zero attached hydrogens (tertiary/aromatic N) is 3. The third-order valence-corrected chi connectivity index (χ3v) is 3.54. The number of aromatic nitrogens is 1. The van der Waals surface area contributed by atoms with Gasteiger partial charge in [-0.3, -0.25) is 4.90 Å². The summed E-state index contributed by atoms with van der Waals surface area (Å²) >= 11 is 0. The molecule has 5 heteroatoms. The maximum atomic E-state index is 4.21. The maximum absolute atomic E-state index is 4.21. The molecule has 0 saturated carbocycles. The van der Waals surface area contributed by atoms with Crippen LogP contribution >= 0.6 is 0 Å². The van der Waals surface area contributed by atoms with Crippen molar-refractivity contribution in [3.8, 4) is 0 Å². The normalized spacial score (nSPS) is 21.8. The summed E-state index contributed by atoms with van der Waals surface area (Å²) in [7, 11) is 6.27. The molecule has 2 rings (SSSR count). The molecular formula is C13H23N5. The molecule has 0 aromatic carbocycles. The molecule has 0 radical (unpaired) electrons. The average Bonchev–Trinajstić information content (AvgIpc) is 2.40. The monoisotopic (exact) mass is 249 g/mol. The third-order valence-electron chi connectivity index (χ3n) is 3.54. The molecule has 1 fully saturated rings. The highest BCUT2D eigenvalue weighted by Gasteiger charge is 2.21. The van der Waals surface area contributed by atoms with Crippen molar-refractivity contribution in [2.75, 3.05) is 58.0 Å². The van der Waals surface area contributed by atoms with Crippen LogP contribution < -0.4 is 10.6 Å². The zero-order valence-corrected chi connectivity index (χ0v) is 11.5. The van der Waals surface area contributed by atoms with Gasteiger partial charge in [0.15, 0.2) is 0 Å². The molecule has 1 aliphatic heterocycles. The maximum Gasteiger partial charge on any atom is 0.127 e. The average molecular weight is 249 g/mol. The molecule has 1 unspecified atom stereocenters. The number of hydrogen-bond donors (Lipinski definition) is 2. The van der Waals surface area contributed by atoms with Crippen LogP contribution in [0.3, 0.4) is 0 Å². The summed E-state index contributed by atoms with van der Waals surface area (Å²) < 4.78 is 0. The summed E-state index contributed by atoms with van der Waals surface area (Å²) in [6, 6.07) is 4.61. The lowest BCUT2D eigenvalue weighted by molar-refractivity contribution is 0.122. The number of pyridine rings is 1. The zero-order valence-electron chi connectivity index (χ0n) is 11.5. The minimum absolute atomic E-state index is 0.565. The highest BCUT2D eigenvalue weighted by molar-refractivity contribution is 5.51. The van der Waals surface area contributed by atoms with E-state index in [4.69, 9.17) is 0 Å². The minimum Gasteiger partial charge on any atom is -0.383 e. The van der Waals surface area contributed by atoms with Crippen molar-refractivity contribution in [1.82, 2.24) is 14.8 Å². The first-order valence-electron chi connectivity index (χ1n) is 6.45. The molecule has 2 N–H and O–H groups in total. The van der Waals surface area contributed by atoms with E-state index in [9.17, 15) is 0 Å². The van der Waals surface area contributed by atoms with Gasteiger partial charge < -0.3 is 15.5 Å². The molecule has 100 valence electrons. The van der Waals surface area contributed by atoms with Gasteiger partial charge in [-0.25, -0.2) is 4.98 Å². The van der Waals surface area contributed by atoms with Crippen molar-refractivity contribution in [3.05, 3.63) is 18.3 Å². The molecule has 1 saturated heterocycles. The van der Waals surface area contributed by atoms with E-state index in [-0.39, 0.29) is 0 Å². The van der Waals surface area contributed by atoms with Gasteiger partial charge in [0, 0.05) is 57.2 Å². The van der Waals surface area contributed by atoms with E-state index in [1.807, 2.05) is 25.4 Å². The molecule has 0 aliphatic carbocycles. The van der Waals surface area contributed by atoms with E-state index in [0.29, 0.717) is 6.04 Å². The largest absolute Gasteiger partial charge is 0.383 e. The summed E-state index contributed by atoms with van der Waals surface area (Å²) in [5, 5.41) is 6.54. The zero-order chi connectivity index (χ0) is 13.0. The highest BCUT2D eigenvalue weighted by Crippen LogP contribution is 2.13. The predicted octanol–water partition coefficient (Wildman–Crippen LogP) is 0.781. The lowest BCUT2D eigenvalue weighted by Crippen LogP contribution is -2.52. The Bertz CT molecular complexity index is 381. The van der Waals surface area contributed by atoms with Crippen molar-refractivity contribution in [1.29, 1.82) is 0 Å². The SMILES string of the molecule is CNc1cc(NCC2CN(C)CCN2C)ccn1. The molecular weight excluding hydrogens is 226 g/mol. The quantitative estimate of drug-likeness (QED) is 0.825. The fraction of sp³-hybridized carbons (Fsp3) is 0.615. The number of hydrogen-bond acceptors (Lipinski definition) is 5. The van der Waals surface area contributed by atoms with Gasteiger partial charge in [0.2, 0.25) is 0 Å².